The minimum Gasteiger partial charge on any atom is -0.382 e. The second-order valence-electron chi connectivity index (χ2n) is 5.03. The van der Waals surface area contributed by atoms with Crippen molar-refractivity contribution >= 4 is 11.7 Å². The smallest absolute Gasteiger partial charge is 0.276 e. The molecule has 1 aromatic rings. The van der Waals surface area contributed by atoms with E-state index in [1.54, 1.807) is 4.90 Å². The van der Waals surface area contributed by atoms with Gasteiger partial charge in [-0.05, 0) is 25.7 Å². The van der Waals surface area contributed by atoms with Crippen LogP contribution in [0.2, 0.25) is 0 Å². The van der Waals surface area contributed by atoms with E-state index in [-0.39, 0.29) is 23.5 Å². The second kappa shape index (κ2) is 7.19. The summed E-state index contributed by atoms with van der Waals surface area (Å²) in [5.74, 6) is 0.0230. The molecule has 20 heavy (non-hydrogen) atoms. The Morgan fingerprint density at radius 3 is 2.90 bits per heavy atom. The molecular weight excluding hydrogens is 256 g/mol. The first-order valence-corrected chi connectivity index (χ1v) is 7.19. The van der Waals surface area contributed by atoms with Crippen LogP contribution >= 0.6 is 0 Å². The van der Waals surface area contributed by atoms with Gasteiger partial charge in [-0.1, -0.05) is 6.92 Å². The second-order valence-corrected chi connectivity index (χ2v) is 5.03. The number of nitrogens with two attached hydrogens (primary N) is 1. The normalized spacial score (nSPS) is 18.8. The fourth-order valence-electron chi connectivity index (χ4n) is 2.41. The van der Waals surface area contributed by atoms with Gasteiger partial charge >= 0.3 is 0 Å². The van der Waals surface area contributed by atoms with E-state index in [2.05, 4.69) is 9.97 Å². The number of carbonyl (C=O) groups is 1. The Hall–Kier alpha value is -1.69. The zero-order valence-corrected chi connectivity index (χ0v) is 11.9. The molecule has 2 N–H and O–H groups in total. The van der Waals surface area contributed by atoms with E-state index < -0.39 is 0 Å². The summed E-state index contributed by atoms with van der Waals surface area (Å²) in [7, 11) is 0. The molecule has 0 radical (unpaired) electrons. The van der Waals surface area contributed by atoms with Gasteiger partial charge in [-0.15, -0.1) is 0 Å². The third-order valence-electron chi connectivity index (χ3n) is 3.41. The van der Waals surface area contributed by atoms with Crippen molar-refractivity contribution in [3.63, 3.8) is 0 Å². The van der Waals surface area contributed by atoms with Crippen LogP contribution in [0.4, 0.5) is 5.82 Å². The fraction of sp³-hybridized carbons (Fsp3) is 0.643. The molecule has 1 atom stereocenters. The summed E-state index contributed by atoms with van der Waals surface area (Å²) in [5, 5.41) is 0. The first kappa shape index (κ1) is 14.7. The fourth-order valence-corrected chi connectivity index (χ4v) is 2.41. The summed E-state index contributed by atoms with van der Waals surface area (Å²) >= 11 is 0. The molecular formula is C14H22N4O2. The van der Waals surface area contributed by atoms with E-state index in [0.717, 1.165) is 32.3 Å². The number of hydrogen-bond acceptors (Lipinski definition) is 5. The predicted octanol–water partition coefficient (Wildman–Crippen LogP) is 1.48. The monoisotopic (exact) mass is 278 g/mol. The van der Waals surface area contributed by atoms with Crippen molar-refractivity contribution in [2.24, 2.45) is 0 Å². The molecule has 0 aliphatic carbocycles. The van der Waals surface area contributed by atoms with Crippen LogP contribution in [0.1, 0.15) is 43.1 Å². The zero-order chi connectivity index (χ0) is 14.4. The third-order valence-corrected chi connectivity index (χ3v) is 3.41. The largest absolute Gasteiger partial charge is 0.382 e. The first-order chi connectivity index (χ1) is 9.72. The standard InChI is InChI=1S/C14H22N4O2/c1-2-8-18(10-11-5-3-4-9-20-11)14(19)12-13(15)17-7-6-16-12/h6-7,11H,2-5,8-10H2,1H3,(H2,15,17). The van der Waals surface area contributed by atoms with E-state index in [9.17, 15) is 4.79 Å². The summed E-state index contributed by atoms with van der Waals surface area (Å²) in [5.41, 5.74) is 5.97. The molecule has 1 fully saturated rings. The lowest BCUT2D eigenvalue weighted by Crippen LogP contribution is -2.40. The molecule has 110 valence electrons. The maximum atomic E-state index is 12.5. The highest BCUT2D eigenvalue weighted by atomic mass is 16.5. The van der Waals surface area contributed by atoms with Gasteiger partial charge in [-0.2, -0.15) is 0 Å². The number of hydrogen-bond donors (Lipinski definition) is 1. The summed E-state index contributed by atoms with van der Waals surface area (Å²) < 4.78 is 5.71. The van der Waals surface area contributed by atoms with E-state index in [1.165, 1.54) is 12.4 Å². The highest BCUT2D eigenvalue weighted by molar-refractivity contribution is 5.96. The number of amides is 1. The minimum atomic E-state index is -0.161. The van der Waals surface area contributed by atoms with Crippen molar-refractivity contribution in [2.45, 2.75) is 38.7 Å². The van der Waals surface area contributed by atoms with Gasteiger partial charge in [0.2, 0.25) is 0 Å². The summed E-state index contributed by atoms with van der Waals surface area (Å²) in [4.78, 5) is 22.3. The van der Waals surface area contributed by atoms with Gasteiger partial charge in [0.05, 0.1) is 6.10 Å². The van der Waals surface area contributed by atoms with Crippen molar-refractivity contribution in [3.8, 4) is 0 Å². The molecule has 6 nitrogen and oxygen atoms in total. The Morgan fingerprint density at radius 1 is 1.45 bits per heavy atom. The van der Waals surface area contributed by atoms with Crippen molar-refractivity contribution < 1.29 is 9.53 Å². The molecule has 2 rings (SSSR count). The molecule has 6 heteroatoms. The number of nitrogens with zero attached hydrogens (tertiary/aromatic N) is 3. The van der Waals surface area contributed by atoms with Crippen LogP contribution in [0.15, 0.2) is 12.4 Å². The lowest BCUT2D eigenvalue weighted by Gasteiger charge is -2.29. The molecule has 1 amide bonds. The van der Waals surface area contributed by atoms with Gasteiger partial charge in [0.25, 0.3) is 5.91 Å². The SMILES string of the molecule is CCCN(CC1CCCCO1)C(=O)c1nccnc1N. The molecule has 1 aliphatic heterocycles. The van der Waals surface area contributed by atoms with Crippen LogP contribution in [0.3, 0.4) is 0 Å². The van der Waals surface area contributed by atoms with Gasteiger partial charge in [0.15, 0.2) is 11.5 Å². The van der Waals surface area contributed by atoms with Crippen molar-refractivity contribution in [1.29, 1.82) is 0 Å². The van der Waals surface area contributed by atoms with Crippen LogP contribution in [0.5, 0.6) is 0 Å². The van der Waals surface area contributed by atoms with E-state index in [1.807, 2.05) is 6.92 Å². The zero-order valence-electron chi connectivity index (χ0n) is 11.9. The summed E-state index contributed by atoms with van der Waals surface area (Å²) in [6.07, 6.45) is 7.26. The van der Waals surface area contributed by atoms with Gasteiger partial charge < -0.3 is 15.4 Å². The maximum Gasteiger partial charge on any atom is 0.276 e. The van der Waals surface area contributed by atoms with Gasteiger partial charge in [0, 0.05) is 32.1 Å². The summed E-state index contributed by atoms with van der Waals surface area (Å²) in [6.45, 7) is 4.10. The number of rotatable bonds is 5. The Bertz CT molecular complexity index is 447. The van der Waals surface area contributed by atoms with E-state index in [0.29, 0.717) is 13.1 Å². The Kier molecular flexibility index (Phi) is 5.29. The lowest BCUT2D eigenvalue weighted by molar-refractivity contribution is -0.00394. The van der Waals surface area contributed by atoms with E-state index >= 15 is 0 Å². The number of carbonyl (C=O) groups excluding carboxylic acids is 1. The Labute approximate surface area is 119 Å². The number of anilines is 1. The number of nitrogen functional groups attached to an aromatic ring is 1. The molecule has 0 aromatic carbocycles. The van der Waals surface area contributed by atoms with Gasteiger partial charge in [-0.3, -0.25) is 4.79 Å². The van der Waals surface area contributed by atoms with Crippen molar-refractivity contribution in [1.82, 2.24) is 14.9 Å². The third kappa shape index (κ3) is 3.66. The maximum absolute atomic E-state index is 12.5. The topological polar surface area (TPSA) is 81.3 Å². The molecule has 0 spiro atoms. The summed E-state index contributed by atoms with van der Waals surface area (Å²) in [6, 6.07) is 0. The highest BCUT2D eigenvalue weighted by Crippen LogP contribution is 2.16. The van der Waals surface area contributed by atoms with Crippen LogP contribution in [0, 0.1) is 0 Å². The average molecular weight is 278 g/mol. The molecule has 0 bridgehead atoms. The number of ether oxygens (including phenoxy) is 1. The van der Waals surface area contributed by atoms with Gasteiger partial charge in [-0.25, -0.2) is 9.97 Å². The average Bonchev–Trinajstić information content (AvgIpc) is 2.48. The molecule has 0 saturated carbocycles. The molecule has 1 unspecified atom stereocenters. The van der Waals surface area contributed by atoms with E-state index in [4.69, 9.17) is 10.5 Å². The molecule has 2 heterocycles. The highest BCUT2D eigenvalue weighted by Gasteiger charge is 2.24. The van der Waals surface area contributed by atoms with Crippen molar-refractivity contribution in [3.05, 3.63) is 18.1 Å². The lowest BCUT2D eigenvalue weighted by atomic mass is 10.1. The van der Waals surface area contributed by atoms with Crippen molar-refractivity contribution in [2.75, 3.05) is 25.4 Å². The van der Waals surface area contributed by atoms with Gasteiger partial charge in [0.1, 0.15) is 0 Å². The number of aromatic nitrogens is 2. The van der Waals surface area contributed by atoms with Crippen LogP contribution in [-0.4, -0.2) is 46.6 Å². The Balaban J connectivity index is 2.07. The molecule has 1 aliphatic rings. The first-order valence-electron chi connectivity index (χ1n) is 7.19. The Morgan fingerprint density at radius 2 is 2.25 bits per heavy atom. The molecule has 1 saturated heterocycles. The quantitative estimate of drug-likeness (QED) is 0.882. The molecule has 1 aromatic heterocycles. The van der Waals surface area contributed by atoms with Crippen LogP contribution in [0.25, 0.3) is 0 Å². The van der Waals surface area contributed by atoms with Crippen LogP contribution in [-0.2, 0) is 4.74 Å². The predicted molar refractivity (Wildman–Crippen MR) is 76.2 cm³/mol. The van der Waals surface area contributed by atoms with Crippen LogP contribution < -0.4 is 5.73 Å². The minimum absolute atomic E-state index is 0.122.